The van der Waals surface area contributed by atoms with Crippen LogP contribution in [0.5, 0.6) is 0 Å². The third kappa shape index (κ3) is 20.1. The molecule has 0 aromatic heterocycles. The van der Waals surface area contributed by atoms with Crippen LogP contribution in [0.1, 0.15) is 111 Å². The first-order chi connectivity index (χ1) is 41.5. The molecule has 5 heterocycles. The molecule has 5 fully saturated rings. The first-order valence-electron chi connectivity index (χ1n) is 27.6. The minimum Gasteiger partial charge on any atom is -0.457 e. The van der Waals surface area contributed by atoms with Gasteiger partial charge in [-0.25, -0.2) is 0 Å². The summed E-state index contributed by atoms with van der Waals surface area (Å²) in [7, 11) is 0. The van der Waals surface area contributed by atoms with Crippen LogP contribution in [-0.2, 0) is 167 Å². The van der Waals surface area contributed by atoms with Crippen LogP contribution in [0.25, 0.3) is 0 Å². The van der Waals surface area contributed by atoms with E-state index in [1.54, 1.807) is 0 Å². The van der Waals surface area contributed by atoms with E-state index in [1.807, 2.05) is 0 Å². The molecule has 5 rings (SSSR count). The zero-order chi connectivity index (χ0) is 66.6. The van der Waals surface area contributed by atoms with Gasteiger partial charge in [-0.05, 0) is 20.8 Å². The lowest BCUT2D eigenvalue weighted by atomic mass is 9.97. The van der Waals surface area contributed by atoms with Crippen LogP contribution in [0.15, 0.2) is 0 Å². The van der Waals surface area contributed by atoms with E-state index >= 15 is 0 Å². The Labute approximate surface area is 508 Å². The molecule has 0 aromatic carbocycles. The largest absolute Gasteiger partial charge is 0.457 e. The average molecular weight is 1280 g/mol. The van der Waals surface area contributed by atoms with Crippen LogP contribution in [-0.4, -0.2) is 232 Å². The molecule has 500 valence electrons. The average Bonchev–Trinajstić information content (AvgIpc) is 1.77. The van der Waals surface area contributed by atoms with Gasteiger partial charge in [-0.2, -0.15) is 0 Å². The Morgan fingerprint density at radius 3 is 0.798 bits per heavy atom. The topological polar surface area (TPSA) is 425 Å². The Morgan fingerprint density at radius 1 is 0.225 bits per heavy atom. The van der Waals surface area contributed by atoms with Gasteiger partial charge in [0, 0.05) is 90.0 Å². The van der Waals surface area contributed by atoms with E-state index in [4.69, 9.17) is 104 Å². The lowest BCUT2D eigenvalue weighted by Gasteiger charge is -2.50. The summed E-state index contributed by atoms with van der Waals surface area (Å²) in [6.07, 6.45) is -44.2. The molecule has 0 amide bonds. The highest BCUT2D eigenvalue weighted by Crippen LogP contribution is 2.40. The van der Waals surface area contributed by atoms with Gasteiger partial charge in [0.15, 0.2) is 98.4 Å². The van der Waals surface area contributed by atoms with E-state index in [-0.39, 0.29) is 0 Å². The molecular weight excluding hydrogens is 1210 g/mol. The van der Waals surface area contributed by atoms with Crippen LogP contribution in [0.2, 0.25) is 0 Å². The lowest BCUT2D eigenvalue weighted by molar-refractivity contribution is -0.407. The molecule has 0 spiro atoms. The van der Waals surface area contributed by atoms with Gasteiger partial charge in [-0.3, -0.25) is 62.3 Å². The number of carbonyl (C=O) groups is 13. The van der Waals surface area contributed by atoms with Gasteiger partial charge in [-0.1, -0.05) is 0 Å². The van der Waals surface area contributed by atoms with Crippen LogP contribution in [0.3, 0.4) is 0 Å². The highest BCUT2D eigenvalue weighted by atomic mass is 16.8. The fourth-order valence-electron chi connectivity index (χ4n) is 10.2. The Morgan fingerprint density at radius 2 is 0.449 bits per heavy atom. The Kier molecular flexibility index (Phi) is 26.0. The highest BCUT2D eigenvalue weighted by Gasteiger charge is 2.62. The van der Waals surface area contributed by atoms with Crippen molar-refractivity contribution >= 4 is 77.6 Å². The molecule has 89 heavy (non-hydrogen) atoms. The van der Waals surface area contributed by atoms with E-state index in [2.05, 4.69) is 0 Å². The molecule has 0 aromatic rings. The number of esters is 13. The van der Waals surface area contributed by atoms with Gasteiger partial charge >= 0.3 is 77.6 Å². The van der Waals surface area contributed by atoms with E-state index < -0.39 is 232 Å². The van der Waals surface area contributed by atoms with Gasteiger partial charge in [0.1, 0.15) is 12.2 Å². The van der Waals surface area contributed by atoms with Crippen molar-refractivity contribution in [3.05, 3.63) is 0 Å². The van der Waals surface area contributed by atoms with Crippen LogP contribution < -0.4 is 0 Å². The van der Waals surface area contributed by atoms with Gasteiger partial charge in [0.25, 0.3) is 0 Å². The van der Waals surface area contributed by atoms with Crippen molar-refractivity contribution in [3.63, 3.8) is 0 Å². The molecule has 0 aliphatic carbocycles. The van der Waals surface area contributed by atoms with Crippen LogP contribution in [0.4, 0.5) is 0 Å². The molecular formula is C54H74O35. The van der Waals surface area contributed by atoms with Crippen molar-refractivity contribution < 1.29 is 167 Å². The zero-order valence-electron chi connectivity index (χ0n) is 51.4. The molecule has 5 saturated heterocycles. The molecule has 5 aliphatic rings. The number of rotatable bonds is 21. The third-order valence-corrected chi connectivity index (χ3v) is 13.1. The van der Waals surface area contributed by atoms with E-state index in [9.17, 15) is 62.3 Å². The first-order valence-corrected chi connectivity index (χ1v) is 27.6. The predicted octanol–water partition coefficient (Wildman–Crippen LogP) is -0.825. The third-order valence-electron chi connectivity index (χ3n) is 13.1. The summed E-state index contributed by atoms with van der Waals surface area (Å²) >= 11 is 0. The SMILES string of the molecule is CC(=O)O[C@H]1O[C@@H](O[C@@H]2CO[C@@H](O[C@@H]3[C@@H](OC(C)=O)[C@@H](OC(C)=O)O[C@H](C)[C@H]3OC(C)=O)[C@H](O[C@@H]3O[C@H](C)[C@@H](OC(C)=O)[C@H](OC(C)=O)[C@H]3OC(C)=O)[C@H]2OC(C)=O)[C@H](O[C@@H]2O[C@H](C)[C@@H](OC(C)=O)[C@H](OC(C)=O)[C@H]2OC(C)=O)[C@@H](OC(C)=O)[C@H]1OC(C)=O. The van der Waals surface area contributed by atoms with E-state index in [0.717, 1.165) is 90.0 Å². The Hall–Kier alpha value is -7.25. The van der Waals surface area contributed by atoms with Crippen molar-refractivity contribution in [1.29, 1.82) is 0 Å². The lowest BCUT2D eigenvalue weighted by Crippen LogP contribution is -2.68. The number of hydrogen-bond acceptors (Lipinski definition) is 35. The normalized spacial score (nSPS) is 35.9. The van der Waals surface area contributed by atoms with Gasteiger partial charge in [0.2, 0.25) is 18.7 Å². The maximum atomic E-state index is 13.6. The smallest absolute Gasteiger partial charge is 0.305 e. The Bertz CT molecular complexity index is 2610. The summed E-state index contributed by atoms with van der Waals surface area (Å²) in [5.74, 6) is -13.2. The molecule has 5 aliphatic heterocycles. The molecule has 24 atom stereocenters. The molecule has 0 radical (unpaired) electrons. The van der Waals surface area contributed by atoms with E-state index in [1.165, 1.54) is 20.8 Å². The van der Waals surface area contributed by atoms with Crippen LogP contribution in [0, 0.1) is 0 Å². The zero-order valence-corrected chi connectivity index (χ0v) is 51.4. The molecule has 0 unspecified atom stereocenters. The maximum Gasteiger partial charge on any atom is 0.305 e. The van der Waals surface area contributed by atoms with Crippen molar-refractivity contribution in [3.8, 4) is 0 Å². The highest BCUT2D eigenvalue weighted by molar-refractivity contribution is 5.71. The Balaban J connectivity index is 1.79. The fraction of sp³-hybridized carbons (Fsp3) is 0.759. The van der Waals surface area contributed by atoms with Gasteiger partial charge in [-0.15, -0.1) is 0 Å². The fourth-order valence-corrected chi connectivity index (χ4v) is 10.2. The molecule has 0 bridgehead atoms. The second-order valence-corrected chi connectivity index (χ2v) is 20.7. The summed E-state index contributed by atoms with van der Waals surface area (Å²) in [6, 6.07) is 0. The second-order valence-electron chi connectivity index (χ2n) is 20.7. The number of ether oxygens (including phenoxy) is 22. The van der Waals surface area contributed by atoms with Gasteiger partial charge in [0.05, 0.1) is 24.9 Å². The number of carbonyl (C=O) groups excluding carboxylic acids is 13. The van der Waals surface area contributed by atoms with E-state index in [0.29, 0.717) is 0 Å². The van der Waals surface area contributed by atoms with Crippen molar-refractivity contribution in [1.82, 2.24) is 0 Å². The first kappa shape index (κ1) is 72.5. The minimum absolute atomic E-state index is 0.896. The molecule has 0 saturated carbocycles. The molecule has 35 nitrogen and oxygen atoms in total. The maximum absolute atomic E-state index is 13.6. The van der Waals surface area contributed by atoms with Crippen molar-refractivity contribution in [2.75, 3.05) is 6.61 Å². The van der Waals surface area contributed by atoms with Gasteiger partial charge < -0.3 is 104 Å². The van der Waals surface area contributed by atoms with Crippen LogP contribution >= 0.6 is 0 Å². The van der Waals surface area contributed by atoms with Crippen molar-refractivity contribution in [2.24, 2.45) is 0 Å². The number of hydrogen-bond donors (Lipinski definition) is 0. The summed E-state index contributed by atoms with van der Waals surface area (Å²) in [4.78, 5) is 167. The standard InChI is InChI=1S/C54H74O35/c1-18-35(72-21(4)55)39(76-25(8)59)44(79-28(11)62)51(70-18)87-43-38(75-24(7)58)34(17-68-49(43)86-41-37(74-23(6)57)20(3)69-50(83-32(15)66)46(41)81-30(13)64)85-54-48(42(78-27(10)61)47(82-31(14)65)53(89-54)84-33(16)67)88-52-45(80-29(12)63)40(77-26(9)60)36(19(2)71-52)73-22(5)56/h18-20,34-54H,17H2,1-16H3/t18-,19-,20-,34-,35-,36-,37-,38+,39+,40+,41+,42+,43-,44-,45-,46-,47-,48-,49+,50-,51+,52+,53+,54-/m1/s1. The molecule has 35 heteroatoms. The summed E-state index contributed by atoms with van der Waals surface area (Å²) < 4.78 is 130. The molecule has 0 N–H and O–H groups in total. The summed E-state index contributed by atoms with van der Waals surface area (Å²) in [6.45, 7) is 15.7. The minimum atomic E-state index is -2.25. The summed E-state index contributed by atoms with van der Waals surface area (Å²) in [5.41, 5.74) is 0. The second kappa shape index (κ2) is 32.0. The van der Waals surface area contributed by atoms with Crippen molar-refractivity contribution in [2.45, 2.75) is 258 Å². The predicted molar refractivity (Wildman–Crippen MR) is 276 cm³/mol. The summed E-state index contributed by atoms with van der Waals surface area (Å²) in [5, 5.41) is 0. The monoisotopic (exact) mass is 1280 g/mol. The quantitative estimate of drug-likeness (QED) is 0.1000.